The molecule has 2 heterocycles. The quantitative estimate of drug-likeness (QED) is 0.170. The number of furan rings is 1. The second-order valence-corrected chi connectivity index (χ2v) is 15.1. The Morgan fingerprint density at radius 1 is 0.345 bits per heavy atom. The maximum atomic E-state index is 6.71. The van der Waals surface area contributed by atoms with Gasteiger partial charge in [0.15, 0.2) is 0 Å². The summed E-state index contributed by atoms with van der Waals surface area (Å²) in [6, 6.07) is 72.3. The number of nitrogens with zero attached hydrogens (tertiary/aromatic N) is 1. The highest BCUT2D eigenvalue weighted by atomic mass is 32.1. The van der Waals surface area contributed by atoms with Crippen LogP contribution in [0.5, 0.6) is 0 Å². The van der Waals surface area contributed by atoms with Crippen LogP contribution < -0.4 is 4.90 Å². The molecule has 0 amide bonds. The van der Waals surface area contributed by atoms with Crippen LogP contribution in [0.25, 0.3) is 86.3 Å². The van der Waals surface area contributed by atoms with Crippen molar-refractivity contribution in [2.45, 2.75) is 0 Å². The summed E-state index contributed by atoms with van der Waals surface area (Å²) in [7, 11) is 0. The Bertz CT molecular complexity index is 3200. The molecule has 0 unspecified atom stereocenters. The van der Waals surface area contributed by atoms with Crippen LogP contribution in [0, 0.1) is 0 Å². The lowest BCUT2D eigenvalue weighted by molar-refractivity contribution is 0.670. The fraction of sp³-hybridized carbons (Fsp3) is 0. The lowest BCUT2D eigenvalue weighted by Gasteiger charge is -2.27. The Kier molecular flexibility index (Phi) is 7.39. The van der Waals surface area contributed by atoms with Crippen molar-refractivity contribution < 1.29 is 4.42 Å². The predicted octanol–water partition coefficient (Wildman–Crippen LogP) is 15.6. The summed E-state index contributed by atoms with van der Waals surface area (Å²) in [5, 5.41) is 7.23. The number of rotatable bonds is 6. The van der Waals surface area contributed by atoms with Gasteiger partial charge >= 0.3 is 0 Å². The molecule has 9 aromatic carbocycles. The van der Waals surface area contributed by atoms with Gasteiger partial charge in [0.1, 0.15) is 11.2 Å². The van der Waals surface area contributed by atoms with E-state index in [9.17, 15) is 0 Å². The number of fused-ring (bicyclic) bond motifs is 7. The molecule has 2 nitrogen and oxygen atoms in total. The van der Waals surface area contributed by atoms with Crippen molar-refractivity contribution in [1.82, 2.24) is 0 Å². The maximum Gasteiger partial charge on any atom is 0.143 e. The van der Waals surface area contributed by atoms with E-state index in [4.69, 9.17) is 4.42 Å². The summed E-state index contributed by atoms with van der Waals surface area (Å²) >= 11 is 1.85. The second-order valence-electron chi connectivity index (χ2n) is 14.1. The van der Waals surface area contributed by atoms with Crippen LogP contribution in [0.1, 0.15) is 0 Å². The van der Waals surface area contributed by atoms with Crippen molar-refractivity contribution in [3.05, 3.63) is 200 Å². The van der Waals surface area contributed by atoms with Crippen molar-refractivity contribution in [1.29, 1.82) is 0 Å². The molecule has 0 spiro atoms. The van der Waals surface area contributed by atoms with Gasteiger partial charge in [-0.15, -0.1) is 11.3 Å². The van der Waals surface area contributed by atoms with Crippen LogP contribution in [0.3, 0.4) is 0 Å². The highest BCUT2D eigenvalue weighted by molar-refractivity contribution is 7.25. The fourth-order valence-corrected chi connectivity index (χ4v) is 9.37. The molecule has 0 aliphatic rings. The molecule has 0 saturated heterocycles. The fourth-order valence-electron chi connectivity index (χ4n) is 8.28. The number of benzene rings is 9. The number of thiophene rings is 1. The molecule has 0 fully saturated rings. The van der Waals surface area contributed by atoms with Crippen molar-refractivity contribution in [2.75, 3.05) is 4.90 Å². The van der Waals surface area contributed by atoms with E-state index in [-0.39, 0.29) is 0 Å². The smallest absolute Gasteiger partial charge is 0.143 e. The third-order valence-corrected chi connectivity index (χ3v) is 12.0. The summed E-state index contributed by atoms with van der Waals surface area (Å²) in [6.45, 7) is 0. The molecule has 0 aliphatic carbocycles. The predicted molar refractivity (Wildman–Crippen MR) is 235 cm³/mol. The van der Waals surface area contributed by atoms with E-state index >= 15 is 0 Å². The Morgan fingerprint density at radius 3 is 1.85 bits per heavy atom. The van der Waals surface area contributed by atoms with Crippen LogP contribution in [0.15, 0.2) is 205 Å². The van der Waals surface area contributed by atoms with Gasteiger partial charge < -0.3 is 9.32 Å². The third-order valence-electron chi connectivity index (χ3n) is 10.9. The van der Waals surface area contributed by atoms with Crippen LogP contribution in [0.2, 0.25) is 0 Å². The Labute approximate surface area is 322 Å². The van der Waals surface area contributed by atoms with Gasteiger partial charge in [-0.2, -0.15) is 0 Å². The molecule has 0 radical (unpaired) electrons. The molecule has 0 saturated carbocycles. The molecular formula is C52H33NOS. The van der Waals surface area contributed by atoms with Gasteiger partial charge in [0, 0.05) is 53.6 Å². The van der Waals surface area contributed by atoms with Gasteiger partial charge in [-0.3, -0.25) is 0 Å². The molecule has 11 rings (SSSR count). The van der Waals surface area contributed by atoms with Crippen LogP contribution in [-0.2, 0) is 0 Å². The third kappa shape index (κ3) is 5.32. The topological polar surface area (TPSA) is 16.4 Å². The first kappa shape index (κ1) is 31.6. The second kappa shape index (κ2) is 12.9. The molecule has 0 N–H and O–H groups in total. The largest absolute Gasteiger partial charge is 0.455 e. The highest BCUT2D eigenvalue weighted by Gasteiger charge is 2.21. The van der Waals surface area contributed by atoms with E-state index in [0.717, 1.165) is 55.7 Å². The zero-order valence-corrected chi connectivity index (χ0v) is 30.6. The van der Waals surface area contributed by atoms with Crippen molar-refractivity contribution in [3.63, 3.8) is 0 Å². The first-order valence-electron chi connectivity index (χ1n) is 18.7. The SMILES string of the molecule is c1ccc(-c2ccc(N(c3ccc(-c4cccc5ccccc45)c(-c4cccc5c4oc4ccccc45)c3)c3ccc4sc5ccccc5c4c3)cc2)cc1. The summed E-state index contributed by atoms with van der Waals surface area (Å²) in [6.07, 6.45) is 0. The molecule has 0 bridgehead atoms. The standard InChI is InChI=1S/C52H33NOS/c1-2-12-34(13-3-1)35-24-26-37(27-25-35)53(39-29-31-51-48(33-39)44-18-7-9-23-50(44)55-51)38-28-30-42(41-19-10-15-36-14-4-5-16-40(36)41)47(32-38)46-21-11-20-45-43-17-6-8-22-49(43)54-52(45)46/h1-33H. The van der Waals surface area contributed by atoms with E-state index in [1.54, 1.807) is 0 Å². The lowest BCUT2D eigenvalue weighted by atomic mass is 9.90. The molecule has 55 heavy (non-hydrogen) atoms. The highest BCUT2D eigenvalue weighted by Crippen LogP contribution is 2.46. The van der Waals surface area contributed by atoms with Crippen LogP contribution in [0.4, 0.5) is 17.1 Å². The average molecular weight is 720 g/mol. The number of anilines is 3. The summed E-state index contributed by atoms with van der Waals surface area (Å²) in [5.41, 5.74) is 12.0. The van der Waals surface area contributed by atoms with E-state index in [1.807, 2.05) is 17.4 Å². The van der Waals surface area contributed by atoms with E-state index in [0.29, 0.717) is 0 Å². The molecule has 11 aromatic rings. The Morgan fingerprint density at radius 2 is 0.964 bits per heavy atom. The van der Waals surface area contributed by atoms with Gasteiger partial charge in [-0.05, 0) is 93.2 Å². The zero-order valence-electron chi connectivity index (χ0n) is 29.8. The first-order valence-corrected chi connectivity index (χ1v) is 19.5. The summed E-state index contributed by atoms with van der Waals surface area (Å²) < 4.78 is 9.29. The van der Waals surface area contributed by atoms with Crippen molar-refractivity contribution >= 4 is 81.3 Å². The molecule has 0 atom stereocenters. The normalized spacial score (nSPS) is 11.6. The Balaban J connectivity index is 1.17. The van der Waals surface area contributed by atoms with E-state index in [2.05, 4.69) is 199 Å². The van der Waals surface area contributed by atoms with Gasteiger partial charge in [0.2, 0.25) is 0 Å². The monoisotopic (exact) mass is 719 g/mol. The van der Waals surface area contributed by atoms with Gasteiger partial charge in [0.25, 0.3) is 0 Å². The molecule has 2 aromatic heterocycles. The van der Waals surface area contributed by atoms with E-state index < -0.39 is 0 Å². The summed E-state index contributed by atoms with van der Waals surface area (Å²) in [4.78, 5) is 2.40. The number of hydrogen-bond acceptors (Lipinski definition) is 3. The molecule has 0 aliphatic heterocycles. The number of para-hydroxylation sites is 2. The van der Waals surface area contributed by atoms with Gasteiger partial charge in [-0.25, -0.2) is 0 Å². The minimum atomic E-state index is 0.893. The lowest BCUT2D eigenvalue weighted by Crippen LogP contribution is -2.10. The molecular weight excluding hydrogens is 687 g/mol. The van der Waals surface area contributed by atoms with Crippen molar-refractivity contribution in [2.24, 2.45) is 0 Å². The summed E-state index contributed by atoms with van der Waals surface area (Å²) in [5.74, 6) is 0. The van der Waals surface area contributed by atoms with E-state index in [1.165, 1.54) is 47.6 Å². The maximum absolute atomic E-state index is 6.71. The molecule has 258 valence electrons. The zero-order chi connectivity index (χ0) is 36.3. The minimum Gasteiger partial charge on any atom is -0.455 e. The van der Waals surface area contributed by atoms with Crippen LogP contribution >= 0.6 is 11.3 Å². The minimum absolute atomic E-state index is 0.893. The molecule has 3 heteroatoms. The number of hydrogen-bond donors (Lipinski definition) is 0. The van der Waals surface area contributed by atoms with Crippen LogP contribution in [-0.4, -0.2) is 0 Å². The van der Waals surface area contributed by atoms with Crippen molar-refractivity contribution in [3.8, 4) is 33.4 Å². The first-order chi connectivity index (χ1) is 27.3. The van der Waals surface area contributed by atoms with Gasteiger partial charge in [-0.1, -0.05) is 146 Å². The average Bonchev–Trinajstić information content (AvgIpc) is 3.83. The van der Waals surface area contributed by atoms with Gasteiger partial charge in [0.05, 0.1) is 0 Å². The Hall–Kier alpha value is -6.94.